The van der Waals surface area contributed by atoms with E-state index in [0.29, 0.717) is 6.54 Å². The van der Waals surface area contributed by atoms with Gasteiger partial charge in [0.05, 0.1) is 0 Å². The molecular weight excluding hydrogens is 228 g/mol. The molecule has 0 bridgehead atoms. The summed E-state index contributed by atoms with van der Waals surface area (Å²) in [5.41, 5.74) is 9.10. The largest absolute Gasteiger partial charge is 0.326 e. The molecule has 88 valence electrons. The van der Waals surface area contributed by atoms with E-state index >= 15 is 0 Å². The van der Waals surface area contributed by atoms with Crippen molar-refractivity contribution in [3.05, 3.63) is 53.2 Å². The first kappa shape index (κ1) is 12.1. The van der Waals surface area contributed by atoms with Crippen molar-refractivity contribution in [2.24, 2.45) is 5.73 Å². The molecular formula is C14H16N2S. The van der Waals surface area contributed by atoms with Gasteiger partial charge in [0.1, 0.15) is 5.03 Å². The Morgan fingerprint density at radius 2 is 1.94 bits per heavy atom. The van der Waals surface area contributed by atoms with Crippen LogP contribution in [0.3, 0.4) is 0 Å². The van der Waals surface area contributed by atoms with E-state index in [1.54, 1.807) is 11.8 Å². The van der Waals surface area contributed by atoms with Gasteiger partial charge < -0.3 is 5.73 Å². The quantitative estimate of drug-likeness (QED) is 0.900. The first-order valence-corrected chi connectivity index (χ1v) is 6.42. The third-order valence-electron chi connectivity index (χ3n) is 2.53. The van der Waals surface area contributed by atoms with Gasteiger partial charge in [0, 0.05) is 17.1 Å². The monoisotopic (exact) mass is 244 g/mol. The maximum Gasteiger partial charge on any atom is 0.101 e. The molecule has 17 heavy (non-hydrogen) atoms. The number of aryl methyl sites for hydroxylation is 2. The molecule has 0 amide bonds. The maximum absolute atomic E-state index is 5.67. The highest BCUT2D eigenvalue weighted by Crippen LogP contribution is 2.29. The Morgan fingerprint density at radius 1 is 1.18 bits per heavy atom. The number of hydrogen-bond acceptors (Lipinski definition) is 3. The molecule has 0 aliphatic carbocycles. The van der Waals surface area contributed by atoms with Crippen LogP contribution >= 0.6 is 11.8 Å². The Labute approximate surface area is 106 Å². The minimum absolute atomic E-state index is 0.560. The lowest BCUT2D eigenvalue weighted by Gasteiger charge is -2.07. The highest BCUT2D eigenvalue weighted by molar-refractivity contribution is 7.99. The molecule has 2 rings (SSSR count). The number of hydrogen-bond donors (Lipinski definition) is 1. The standard InChI is InChI=1S/C14H16N2S/c1-10-5-3-4-6-13(10)17-14-8-12(9-15)7-11(2)16-14/h3-8H,9,15H2,1-2H3. The Bertz CT molecular complexity index is 523. The first-order chi connectivity index (χ1) is 8.19. The molecule has 0 fully saturated rings. The summed E-state index contributed by atoms with van der Waals surface area (Å²) in [7, 11) is 0. The average molecular weight is 244 g/mol. The maximum atomic E-state index is 5.67. The van der Waals surface area contributed by atoms with E-state index in [2.05, 4.69) is 36.2 Å². The average Bonchev–Trinajstić information content (AvgIpc) is 2.31. The van der Waals surface area contributed by atoms with Crippen molar-refractivity contribution in [3.8, 4) is 0 Å². The molecule has 2 N–H and O–H groups in total. The van der Waals surface area contributed by atoms with Crippen molar-refractivity contribution in [2.45, 2.75) is 30.3 Å². The fourth-order valence-electron chi connectivity index (χ4n) is 1.66. The van der Waals surface area contributed by atoms with Crippen LogP contribution in [0.15, 0.2) is 46.3 Å². The molecule has 0 atom stereocenters. The Morgan fingerprint density at radius 3 is 2.65 bits per heavy atom. The van der Waals surface area contributed by atoms with Gasteiger partial charge in [-0.2, -0.15) is 0 Å². The molecule has 0 saturated carbocycles. The van der Waals surface area contributed by atoms with E-state index in [9.17, 15) is 0 Å². The lowest BCUT2D eigenvalue weighted by Crippen LogP contribution is -1.98. The Balaban J connectivity index is 2.30. The van der Waals surface area contributed by atoms with E-state index in [-0.39, 0.29) is 0 Å². The number of pyridine rings is 1. The van der Waals surface area contributed by atoms with Crippen molar-refractivity contribution < 1.29 is 0 Å². The summed E-state index contributed by atoms with van der Waals surface area (Å²) in [6.07, 6.45) is 0. The highest BCUT2D eigenvalue weighted by Gasteiger charge is 2.03. The molecule has 0 aliphatic rings. The second-order valence-corrected chi connectivity index (χ2v) is 5.09. The van der Waals surface area contributed by atoms with Gasteiger partial charge >= 0.3 is 0 Å². The number of aromatic nitrogens is 1. The van der Waals surface area contributed by atoms with Gasteiger partial charge in [0.15, 0.2) is 0 Å². The topological polar surface area (TPSA) is 38.9 Å². The third kappa shape index (κ3) is 3.08. The van der Waals surface area contributed by atoms with E-state index in [0.717, 1.165) is 16.3 Å². The highest BCUT2D eigenvalue weighted by atomic mass is 32.2. The first-order valence-electron chi connectivity index (χ1n) is 5.60. The van der Waals surface area contributed by atoms with Crippen molar-refractivity contribution >= 4 is 11.8 Å². The second kappa shape index (κ2) is 5.34. The van der Waals surface area contributed by atoms with Gasteiger partial charge in [-0.05, 0) is 43.2 Å². The van der Waals surface area contributed by atoms with Crippen LogP contribution in [0, 0.1) is 13.8 Å². The zero-order chi connectivity index (χ0) is 12.3. The van der Waals surface area contributed by atoms with Crippen molar-refractivity contribution in [1.29, 1.82) is 0 Å². The minimum atomic E-state index is 0.560. The van der Waals surface area contributed by atoms with Crippen LogP contribution in [0.2, 0.25) is 0 Å². The van der Waals surface area contributed by atoms with E-state index in [1.165, 1.54) is 10.5 Å². The molecule has 0 aliphatic heterocycles. The minimum Gasteiger partial charge on any atom is -0.326 e. The number of nitrogens with zero attached hydrogens (tertiary/aromatic N) is 1. The zero-order valence-electron chi connectivity index (χ0n) is 10.1. The summed E-state index contributed by atoms with van der Waals surface area (Å²) in [5.74, 6) is 0. The van der Waals surface area contributed by atoms with Crippen LogP contribution in [-0.2, 0) is 6.54 Å². The molecule has 1 heterocycles. The molecule has 2 nitrogen and oxygen atoms in total. The second-order valence-electron chi connectivity index (χ2n) is 4.03. The molecule has 2 aromatic rings. The van der Waals surface area contributed by atoms with Crippen molar-refractivity contribution in [2.75, 3.05) is 0 Å². The Hall–Kier alpha value is -1.32. The number of nitrogens with two attached hydrogens (primary N) is 1. The fraction of sp³-hybridized carbons (Fsp3) is 0.214. The third-order valence-corrected chi connectivity index (χ3v) is 3.63. The molecule has 3 heteroatoms. The predicted molar refractivity (Wildman–Crippen MR) is 72.2 cm³/mol. The summed E-state index contributed by atoms with van der Waals surface area (Å²) in [4.78, 5) is 5.77. The van der Waals surface area contributed by atoms with E-state index in [4.69, 9.17) is 5.73 Å². The van der Waals surface area contributed by atoms with Crippen LogP contribution in [0.5, 0.6) is 0 Å². The Kier molecular flexibility index (Phi) is 3.82. The van der Waals surface area contributed by atoms with Crippen molar-refractivity contribution in [1.82, 2.24) is 4.98 Å². The molecule has 1 aromatic carbocycles. The lowest BCUT2D eigenvalue weighted by molar-refractivity contribution is 0.986. The van der Waals surface area contributed by atoms with Crippen LogP contribution < -0.4 is 5.73 Å². The normalized spacial score (nSPS) is 10.5. The van der Waals surface area contributed by atoms with E-state index in [1.807, 2.05) is 19.1 Å². The van der Waals surface area contributed by atoms with Gasteiger partial charge in [0.2, 0.25) is 0 Å². The van der Waals surface area contributed by atoms with Crippen LogP contribution in [0.4, 0.5) is 0 Å². The van der Waals surface area contributed by atoms with Gasteiger partial charge in [0.25, 0.3) is 0 Å². The SMILES string of the molecule is Cc1cc(CN)cc(Sc2ccccc2C)n1. The number of benzene rings is 1. The van der Waals surface area contributed by atoms with Gasteiger partial charge in [-0.25, -0.2) is 4.98 Å². The predicted octanol–water partition coefficient (Wildman–Crippen LogP) is 3.31. The zero-order valence-corrected chi connectivity index (χ0v) is 10.9. The molecule has 0 radical (unpaired) electrons. The lowest BCUT2D eigenvalue weighted by atomic mass is 10.2. The summed E-state index contributed by atoms with van der Waals surface area (Å²) in [5, 5.41) is 1.01. The summed E-state index contributed by atoms with van der Waals surface area (Å²) < 4.78 is 0. The summed E-state index contributed by atoms with van der Waals surface area (Å²) >= 11 is 1.69. The van der Waals surface area contributed by atoms with E-state index < -0.39 is 0 Å². The molecule has 0 spiro atoms. The summed E-state index contributed by atoms with van der Waals surface area (Å²) in [6, 6.07) is 12.4. The van der Waals surface area contributed by atoms with Crippen LogP contribution in [0.1, 0.15) is 16.8 Å². The smallest absolute Gasteiger partial charge is 0.101 e. The van der Waals surface area contributed by atoms with Gasteiger partial charge in [-0.1, -0.05) is 30.0 Å². The van der Waals surface area contributed by atoms with Crippen LogP contribution in [-0.4, -0.2) is 4.98 Å². The number of rotatable bonds is 3. The molecule has 1 aromatic heterocycles. The fourth-order valence-corrected chi connectivity index (χ4v) is 2.66. The molecule has 0 saturated heterocycles. The van der Waals surface area contributed by atoms with Crippen LogP contribution in [0.25, 0.3) is 0 Å². The van der Waals surface area contributed by atoms with Crippen molar-refractivity contribution in [3.63, 3.8) is 0 Å². The van der Waals surface area contributed by atoms with Gasteiger partial charge in [-0.3, -0.25) is 0 Å². The summed E-state index contributed by atoms with van der Waals surface area (Å²) in [6.45, 7) is 4.67. The van der Waals surface area contributed by atoms with Gasteiger partial charge in [-0.15, -0.1) is 0 Å². The molecule has 0 unspecified atom stereocenters.